The number of hydrogen-bond donors (Lipinski definition) is 1. The number of ether oxygens (including phenoxy) is 2. The predicted molar refractivity (Wildman–Crippen MR) is 96.1 cm³/mol. The first kappa shape index (κ1) is 19.8. The SMILES string of the molecule is CC(C)[C@@H](NC(=O)COc1ccc(Cl)cc1Cl)C(=O)N1CCOCC1. The number of benzene rings is 1. The van der Waals surface area contributed by atoms with E-state index in [4.69, 9.17) is 32.7 Å². The number of carbonyl (C=O) groups excluding carboxylic acids is 2. The number of carbonyl (C=O) groups is 2. The Bertz CT molecular complexity index is 619. The smallest absolute Gasteiger partial charge is 0.258 e. The summed E-state index contributed by atoms with van der Waals surface area (Å²) in [5.74, 6) is -0.164. The van der Waals surface area contributed by atoms with Crippen molar-refractivity contribution in [1.29, 1.82) is 0 Å². The van der Waals surface area contributed by atoms with Crippen molar-refractivity contribution in [1.82, 2.24) is 10.2 Å². The molecule has 1 aliphatic heterocycles. The number of nitrogens with zero attached hydrogens (tertiary/aromatic N) is 1. The molecule has 138 valence electrons. The van der Waals surface area contributed by atoms with Gasteiger partial charge in [-0.1, -0.05) is 37.0 Å². The molecule has 1 saturated heterocycles. The second kappa shape index (κ2) is 9.27. The molecule has 25 heavy (non-hydrogen) atoms. The van der Waals surface area contributed by atoms with Gasteiger partial charge in [0, 0.05) is 18.1 Å². The van der Waals surface area contributed by atoms with E-state index in [9.17, 15) is 9.59 Å². The number of amides is 2. The van der Waals surface area contributed by atoms with E-state index in [1.54, 1.807) is 17.0 Å². The van der Waals surface area contributed by atoms with Crippen LogP contribution in [0.1, 0.15) is 13.8 Å². The van der Waals surface area contributed by atoms with Gasteiger partial charge in [0.25, 0.3) is 5.91 Å². The molecule has 1 atom stereocenters. The zero-order valence-electron chi connectivity index (χ0n) is 14.3. The lowest BCUT2D eigenvalue weighted by Crippen LogP contribution is -2.54. The Kier molecular flexibility index (Phi) is 7.35. The van der Waals surface area contributed by atoms with Crippen LogP contribution in [0.25, 0.3) is 0 Å². The Morgan fingerprint density at radius 2 is 1.96 bits per heavy atom. The van der Waals surface area contributed by atoms with E-state index in [0.717, 1.165) is 0 Å². The molecule has 1 heterocycles. The maximum absolute atomic E-state index is 12.6. The van der Waals surface area contributed by atoms with Crippen LogP contribution in [0, 0.1) is 5.92 Å². The number of hydrogen-bond acceptors (Lipinski definition) is 4. The molecule has 8 heteroatoms. The molecule has 1 N–H and O–H groups in total. The lowest BCUT2D eigenvalue weighted by Gasteiger charge is -2.32. The van der Waals surface area contributed by atoms with Gasteiger partial charge in [0.2, 0.25) is 5.91 Å². The maximum Gasteiger partial charge on any atom is 0.258 e. The molecule has 0 bridgehead atoms. The van der Waals surface area contributed by atoms with E-state index < -0.39 is 6.04 Å². The summed E-state index contributed by atoms with van der Waals surface area (Å²) in [6.45, 7) is 5.65. The van der Waals surface area contributed by atoms with Crippen LogP contribution in [-0.2, 0) is 14.3 Å². The molecule has 2 amide bonds. The van der Waals surface area contributed by atoms with Crippen molar-refractivity contribution < 1.29 is 19.1 Å². The number of nitrogens with one attached hydrogen (secondary N) is 1. The molecular weight excluding hydrogens is 367 g/mol. The Balaban J connectivity index is 1.92. The van der Waals surface area contributed by atoms with E-state index in [-0.39, 0.29) is 24.3 Å². The molecular formula is C17H22Cl2N2O4. The fourth-order valence-corrected chi connectivity index (χ4v) is 2.91. The Hall–Kier alpha value is -1.50. The Labute approximate surface area is 157 Å². The van der Waals surface area contributed by atoms with Crippen molar-refractivity contribution in [2.45, 2.75) is 19.9 Å². The van der Waals surface area contributed by atoms with Gasteiger partial charge in [-0.3, -0.25) is 9.59 Å². The molecule has 0 aliphatic carbocycles. The van der Waals surface area contributed by atoms with Crippen LogP contribution in [0.3, 0.4) is 0 Å². The quantitative estimate of drug-likeness (QED) is 0.811. The highest BCUT2D eigenvalue weighted by molar-refractivity contribution is 6.35. The minimum Gasteiger partial charge on any atom is -0.482 e. The van der Waals surface area contributed by atoms with Gasteiger partial charge in [0.05, 0.1) is 18.2 Å². The average molecular weight is 389 g/mol. The molecule has 0 radical (unpaired) electrons. The van der Waals surface area contributed by atoms with Crippen LogP contribution < -0.4 is 10.1 Å². The van der Waals surface area contributed by atoms with Gasteiger partial charge in [0.15, 0.2) is 6.61 Å². The summed E-state index contributed by atoms with van der Waals surface area (Å²) < 4.78 is 10.7. The Morgan fingerprint density at radius 1 is 1.28 bits per heavy atom. The highest BCUT2D eigenvalue weighted by Crippen LogP contribution is 2.27. The maximum atomic E-state index is 12.6. The third-order valence-corrected chi connectivity index (χ3v) is 4.36. The lowest BCUT2D eigenvalue weighted by molar-refractivity contribution is -0.141. The zero-order valence-corrected chi connectivity index (χ0v) is 15.8. The first-order valence-electron chi connectivity index (χ1n) is 8.12. The monoisotopic (exact) mass is 388 g/mol. The van der Waals surface area contributed by atoms with Gasteiger partial charge < -0.3 is 19.7 Å². The molecule has 1 aliphatic rings. The fourth-order valence-electron chi connectivity index (χ4n) is 2.44. The van der Waals surface area contributed by atoms with Crippen molar-refractivity contribution in [2.75, 3.05) is 32.9 Å². The second-order valence-corrected chi connectivity index (χ2v) is 6.93. The van der Waals surface area contributed by atoms with Crippen molar-refractivity contribution in [2.24, 2.45) is 5.92 Å². The van der Waals surface area contributed by atoms with Crippen LogP contribution >= 0.6 is 23.2 Å². The number of rotatable bonds is 6. The molecule has 0 spiro atoms. The largest absolute Gasteiger partial charge is 0.482 e. The summed E-state index contributed by atoms with van der Waals surface area (Å²) in [5.41, 5.74) is 0. The average Bonchev–Trinajstić information content (AvgIpc) is 2.59. The normalized spacial score (nSPS) is 15.8. The minimum absolute atomic E-state index is 0.0431. The molecule has 0 saturated carbocycles. The molecule has 0 unspecified atom stereocenters. The summed E-state index contributed by atoms with van der Waals surface area (Å²) in [4.78, 5) is 26.5. The van der Waals surface area contributed by atoms with Gasteiger partial charge in [-0.05, 0) is 24.1 Å². The topological polar surface area (TPSA) is 67.9 Å². The highest BCUT2D eigenvalue weighted by Gasteiger charge is 2.29. The molecule has 0 aromatic heterocycles. The summed E-state index contributed by atoms with van der Waals surface area (Å²) in [6, 6.07) is 4.15. The van der Waals surface area contributed by atoms with Crippen LogP contribution in [0.5, 0.6) is 5.75 Å². The van der Waals surface area contributed by atoms with Crippen molar-refractivity contribution >= 4 is 35.0 Å². The van der Waals surface area contributed by atoms with E-state index >= 15 is 0 Å². The van der Waals surface area contributed by atoms with E-state index in [1.807, 2.05) is 13.8 Å². The first-order valence-corrected chi connectivity index (χ1v) is 8.88. The lowest BCUT2D eigenvalue weighted by atomic mass is 10.0. The summed E-state index contributed by atoms with van der Waals surface area (Å²) in [5, 5.41) is 3.56. The van der Waals surface area contributed by atoms with Gasteiger partial charge in [-0.15, -0.1) is 0 Å². The zero-order chi connectivity index (χ0) is 18.4. The number of halogens is 2. The van der Waals surface area contributed by atoms with Crippen molar-refractivity contribution in [3.8, 4) is 5.75 Å². The van der Waals surface area contributed by atoms with Gasteiger partial charge in [0.1, 0.15) is 11.8 Å². The second-order valence-electron chi connectivity index (χ2n) is 6.09. The van der Waals surface area contributed by atoms with Gasteiger partial charge in [-0.25, -0.2) is 0 Å². The summed E-state index contributed by atoms with van der Waals surface area (Å²) in [6.07, 6.45) is 0. The Morgan fingerprint density at radius 3 is 2.56 bits per heavy atom. The molecule has 2 rings (SSSR count). The highest BCUT2D eigenvalue weighted by atomic mass is 35.5. The van der Waals surface area contributed by atoms with E-state index in [2.05, 4.69) is 5.32 Å². The third-order valence-electron chi connectivity index (χ3n) is 3.82. The van der Waals surface area contributed by atoms with E-state index in [1.165, 1.54) is 6.07 Å². The molecule has 1 aromatic rings. The van der Waals surface area contributed by atoms with Crippen LogP contribution in [0.2, 0.25) is 10.0 Å². The standard InChI is InChI=1S/C17H22Cl2N2O4/c1-11(2)16(17(23)21-5-7-24-8-6-21)20-15(22)10-25-14-4-3-12(18)9-13(14)19/h3-4,9,11,16H,5-8,10H2,1-2H3,(H,20,22)/t16-/m1/s1. The van der Waals surface area contributed by atoms with Gasteiger partial charge >= 0.3 is 0 Å². The number of morpholine rings is 1. The van der Waals surface area contributed by atoms with Crippen LogP contribution in [-0.4, -0.2) is 55.7 Å². The minimum atomic E-state index is -0.602. The molecule has 6 nitrogen and oxygen atoms in total. The van der Waals surface area contributed by atoms with Crippen molar-refractivity contribution in [3.63, 3.8) is 0 Å². The fraction of sp³-hybridized carbons (Fsp3) is 0.529. The van der Waals surface area contributed by atoms with Crippen LogP contribution in [0.4, 0.5) is 0 Å². The third kappa shape index (κ3) is 5.76. The van der Waals surface area contributed by atoms with Crippen molar-refractivity contribution in [3.05, 3.63) is 28.2 Å². The van der Waals surface area contributed by atoms with Gasteiger partial charge in [-0.2, -0.15) is 0 Å². The van der Waals surface area contributed by atoms with E-state index in [0.29, 0.717) is 42.1 Å². The first-order chi connectivity index (χ1) is 11.9. The van der Waals surface area contributed by atoms with Crippen LogP contribution in [0.15, 0.2) is 18.2 Å². The molecule has 1 fully saturated rings. The summed E-state index contributed by atoms with van der Waals surface area (Å²) >= 11 is 11.8. The molecule has 1 aromatic carbocycles. The predicted octanol–water partition coefficient (Wildman–Crippen LogP) is 2.37. The summed E-state index contributed by atoms with van der Waals surface area (Å²) in [7, 11) is 0.